The summed E-state index contributed by atoms with van der Waals surface area (Å²) in [5.41, 5.74) is 0. The number of carbonyl (C=O) groups is 3. The molecule has 0 rings (SSSR count). The highest BCUT2D eigenvalue weighted by molar-refractivity contribution is 5.71. The normalized spacial score (nSPS) is 12.8. The van der Waals surface area contributed by atoms with Crippen LogP contribution in [-0.2, 0) is 28.6 Å². The van der Waals surface area contributed by atoms with Crippen LogP contribution in [0.1, 0.15) is 258 Å². The summed E-state index contributed by atoms with van der Waals surface area (Å²) in [5, 5.41) is 0. The molecule has 0 amide bonds. The van der Waals surface area contributed by atoms with Gasteiger partial charge in [0.25, 0.3) is 0 Å². The van der Waals surface area contributed by atoms with E-state index in [2.05, 4.69) is 118 Å². The fraction of sp³-hybridized carbons (Fsp3) is 0.694. The maximum absolute atomic E-state index is 12.8. The lowest BCUT2D eigenvalue weighted by Gasteiger charge is -2.18. The van der Waals surface area contributed by atoms with E-state index in [-0.39, 0.29) is 31.1 Å². The zero-order valence-corrected chi connectivity index (χ0v) is 44.3. The average molecular weight is 946 g/mol. The fourth-order valence-corrected chi connectivity index (χ4v) is 7.64. The minimum absolute atomic E-state index is 0.0957. The van der Waals surface area contributed by atoms with Crippen LogP contribution in [0.15, 0.2) is 97.2 Å². The Labute approximate surface area is 419 Å². The third-order valence-corrected chi connectivity index (χ3v) is 11.9. The molecule has 0 aromatic carbocycles. The van der Waals surface area contributed by atoms with Gasteiger partial charge in [0.05, 0.1) is 0 Å². The smallest absolute Gasteiger partial charge is 0.306 e. The Morgan fingerprint density at radius 2 is 0.632 bits per heavy atom. The van der Waals surface area contributed by atoms with Crippen molar-refractivity contribution in [1.82, 2.24) is 0 Å². The second-order valence-electron chi connectivity index (χ2n) is 18.5. The molecule has 0 saturated heterocycles. The molecule has 0 aliphatic carbocycles. The first-order valence-electron chi connectivity index (χ1n) is 28.3. The van der Waals surface area contributed by atoms with E-state index in [1.807, 2.05) is 0 Å². The van der Waals surface area contributed by atoms with Crippen LogP contribution in [0, 0.1) is 0 Å². The van der Waals surface area contributed by atoms with E-state index in [9.17, 15) is 14.4 Å². The van der Waals surface area contributed by atoms with Gasteiger partial charge in [-0.25, -0.2) is 0 Å². The number of hydrogen-bond donors (Lipinski definition) is 0. The lowest BCUT2D eigenvalue weighted by molar-refractivity contribution is -0.167. The predicted octanol–water partition coefficient (Wildman–Crippen LogP) is 18.9. The third-order valence-electron chi connectivity index (χ3n) is 11.9. The lowest BCUT2D eigenvalue weighted by atomic mass is 10.1. The molecule has 1 atom stereocenters. The van der Waals surface area contributed by atoms with Crippen molar-refractivity contribution in [2.45, 2.75) is 264 Å². The summed E-state index contributed by atoms with van der Waals surface area (Å²) >= 11 is 0. The van der Waals surface area contributed by atoms with Crippen molar-refractivity contribution >= 4 is 17.9 Å². The maximum atomic E-state index is 12.8. The number of carbonyl (C=O) groups excluding carboxylic acids is 3. The molecule has 0 N–H and O–H groups in total. The van der Waals surface area contributed by atoms with Gasteiger partial charge in [0.1, 0.15) is 13.2 Å². The number of ether oxygens (including phenoxy) is 3. The molecule has 0 saturated carbocycles. The summed E-state index contributed by atoms with van der Waals surface area (Å²) in [6.45, 7) is 6.46. The van der Waals surface area contributed by atoms with Crippen molar-refractivity contribution in [3.8, 4) is 0 Å². The highest BCUT2D eigenvalue weighted by Crippen LogP contribution is 2.14. The molecule has 0 aromatic rings. The first-order valence-corrected chi connectivity index (χ1v) is 28.3. The van der Waals surface area contributed by atoms with Crippen molar-refractivity contribution in [3.05, 3.63) is 97.2 Å². The summed E-state index contributed by atoms with van der Waals surface area (Å²) in [5.74, 6) is -0.937. The summed E-state index contributed by atoms with van der Waals surface area (Å²) in [6, 6.07) is 0. The van der Waals surface area contributed by atoms with Gasteiger partial charge in [0.15, 0.2) is 6.10 Å². The van der Waals surface area contributed by atoms with Gasteiger partial charge >= 0.3 is 17.9 Å². The van der Waals surface area contributed by atoms with Crippen LogP contribution >= 0.6 is 0 Å². The largest absolute Gasteiger partial charge is 0.462 e. The number of hydrogen-bond acceptors (Lipinski definition) is 6. The predicted molar refractivity (Wildman–Crippen MR) is 293 cm³/mol. The van der Waals surface area contributed by atoms with Crippen LogP contribution in [0.3, 0.4) is 0 Å². The summed E-state index contributed by atoms with van der Waals surface area (Å²) < 4.78 is 16.8. The van der Waals surface area contributed by atoms with Gasteiger partial charge in [0.2, 0.25) is 0 Å². The van der Waals surface area contributed by atoms with Crippen molar-refractivity contribution in [2.75, 3.05) is 13.2 Å². The first kappa shape index (κ1) is 64.3. The van der Waals surface area contributed by atoms with Gasteiger partial charge in [-0.15, -0.1) is 0 Å². The second-order valence-corrected chi connectivity index (χ2v) is 18.5. The minimum Gasteiger partial charge on any atom is -0.462 e. The van der Waals surface area contributed by atoms with Crippen molar-refractivity contribution < 1.29 is 28.6 Å². The average Bonchev–Trinajstić information content (AvgIpc) is 3.34. The molecule has 0 heterocycles. The van der Waals surface area contributed by atoms with Crippen LogP contribution in [0.2, 0.25) is 0 Å². The van der Waals surface area contributed by atoms with Gasteiger partial charge in [-0.05, 0) is 103 Å². The molecule has 0 bridgehead atoms. The van der Waals surface area contributed by atoms with E-state index in [4.69, 9.17) is 14.2 Å². The Balaban J connectivity index is 4.48. The van der Waals surface area contributed by atoms with Crippen molar-refractivity contribution in [1.29, 1.82) is 0 Å². The summed E-state index contributed by atoms with van der Waals surface area (Å²) in [7, 11) is 0. The van der Waals surface area contributed by atoms with Crippen molar-refractivity contribution in [2.24, 2.45) is 0 Å². The van der Waals surface area contributed by atoms with Gasteiger partial charge < -0.3 is 14.2 Å². The molecule has 388 valence electrons. The zero-order chi connectivity index (χ0) is 49.3. The summed E-state index contributed by atoms with van der Waals surface area (Å²) in [4.78, 5) is 38.1. The lowest BCUT2D eigenvalue weighted by Crippen LogP contribution is -2.30. The number of esters is 3. The zero-order valence-electron chi connectivity index (χ0n) is 44.3. The number of allylic oxidation sites excluding steroid dienone is 16. The van der Waals surface area contributed by atoms with Gasteiger partial charge in [0, 0.05) is 19.3 Å². The third kappa shape index (κ3) is 53.3. The van der Waals surface area contributed by atoms with Gasteiger partial charge in [-0.3, -0.25) is 14.4 Å². The van der Waals surface area contributed by atoms with Crippen LogP contribution in [-0.4, -0.2) is 37.2 Å². The topological polar surface area (TPSA) is 78.9 Å². The Kier molecular flexibility index (Phi) is 52.9. The Bertz CT molecular complexity index is 1360. The Morgan fingerprint density at radius 3 is 1.07 bits per heavy atom. The minimum atomic E-state index is -0.799. The van der Waals surface area contributed by atoms with E-state index >= 15 is 0 Å². The monoisotopic (exact) mass is 945 g/mol. The molecular formula is C62H104O6. The Morgan fingerprint density at radius 1 is 0.324 bits per heavy atom. The van der Waals surface area contributed by atoms with E-state index in [1.54, 1.807) is 0 Å². The second kappa shape index (κ2) is 55.9. The van der Waals surface area contributed by atoms with E-state index in [1.165, 1.54) is 96.3 Å². The molecular weight excluding hydrogens is 841 g/mol. The molecule has 0 fully saturated rings. The Hall–Kier alpha value is -3.67. The highest BCUT2D eigenvalue weighted by Gasteiger charge is 2.19. The van der Waals surface area contributed by atoms with Gasteiger partial charge in [-0.1, -0.05) is 234 Å². The molecule has 68 heavy (non-hydrogen) atoms. The maximum Gasteiger partial charge on any atom is 0.306 e. The molecule has 1 unspecified atom stereocenters. The molecule has 0 spiro atoms. The van der Waals surface area contributed by atoms with E-state index < -0.39 is 6.10 Å². The SMILES string of the molecule is CC/C=C\C/C=C\C/C=C\CCCCCCCCC(=O)OC(COC(=O)CCCCCCC\C=C/C=C\C=C/C=C\CCCCC)COC(=O)CCCCCCC/C=C\CCCCCCCCC. The van der Waals surface area contributed by atoms with Crippen LogP contribution in [0.5, 0.6) is 0 Å². The molecule has 0 aromatic heterocycles. The number of unbranched alkanes of at least 4 members (excludes halogenated alkanes) is 26. The summed E-state index contributed by atoms with van der Waals surface area (Å²) in [6.07, 6.45) is 73.8. The molecule has 0 radical (unpaired) electrons. The fourth-order valence-electron chi connectivity index (χ4n) is 7.64. The van der Waals surface area contributed by atoms with Gasteiger partial charge in [-0.2, -0.15) is 0 Å². The van der Waals surface area contributed by atoms with Crippen LogP contribution in [0.25, 0.3) is 0 Å². The van der Waals surface area contributed by atoms with E-state index in [0.717, 1.165) is 122 Å². The molecule has 0 aliphatic heterocycles. The molecule has 6 nitrogen and oxygen atoms in total. The van der Waals surface area contributed by atoms with E-state index in [0.29, 0.717) is 19.3 Å². The van der Waals surface area contributed by atoms with Crippen molar-refractivity contribution in [3.63, 3.8) is 0 Å². The molecule has 6 heteroatoms. The quantitative estimate of drug-likeness (QED) is 0.0199. The highest BCUT2D eigenvalue weighted by atomic mass is 16.6. The first-order chi connectivity index (χ1) is 33.5. The van der Waals surface area contributed by atoms with Crippen LogP contribution in [0.4, 0.5) is 0 Å². The van der Waals surface area contributed by atoms with Crippen LogP contribution < -0.4 is 0 Å². The number of rotatable bonds is 50. The molecule has 0 aliphatic rings. The standard InChI is InChI=1S/C62H104O6/c1-4-7-10-13-16-19-22-25-28-31-32-35-37-40-43-46-49-52-55-61(64)67-58-59(68-62(65)56-53-50-47-44-41-38-34-30-27-24-21-18-15-12-9-6-3)57-66-60(63)54-51-48-45-42-39-36-33-29-26-23-20-17-14-11-8-5-2/h9,12,16,18-19,21-22,25,27-33,35,59H,4-8,10-11,13-15,17,20,23-24,26,34,36-58H2,1-3H3/b12-9-,19-16-,21-18-,25-22-,30-27-,31-28-,33-29-,35-32-.